The van der Waals surface area contributed by atoms with Gasteiger partial charge in [-0.2, -0.15) is 4.98 Å². The zero-order chi connectivity index (χ0) is 19.4. The number of allylic oxidation sites excluding steroid dienone is 1. The van der Waals surface area contributed by atoms with Crippen molar-refractivity contribution in [3.8, 4) is 17.4 Å². The van der Waals surface area contributed by atoms with E-state index >= 15 is 0 Å². The molecule has 3 aromatic rings. The number of hydrogen-bond acceptors (Lipinski definition) is 6. The Morgan fingerprint density at radius 3 is 2.52 bits per heavy atom. The smallest absolute Gasteiger partial charge is 0.338 e. The Labute approximate surface area is 157 Å². The first-order chi connectivity index (χ1) is 13.0. The van der Waals surface area contributed by atoms with Gasteiger partial charge < -0.3 is 9.47 Å². The van der Waals surface area contributed by atoms with Gasteiger partial charge >= 0.3 is 5.97 Å². The van der Waals surface area contributed by atoms with Gasteiger partial charge in [0.2, 0.25) is 11.8 Å². The normalized spacial score (nSPS) is 11.3. The number of hydrogen-bond donors (Lipinski definition) is 0. The van der Waals surface area contributed by atoms with Crippen molar-refractivity contribution in [2.24, 2.45) is 0 Å². The number of esters is 1. The molecule has 0 bridgehead atoms. The quantitative estimate of drug-likeness (QED) is 0.508. The average molecular weight is 364 g/mol. The Kier molecular flexibility index (Phi) is 5.30. The first kappa shape index (κ1) is 18.3. The van der Waals surface area contributed by atoms with E-state index in [1.54, 1.807) is 43.8 Å². The minimum Gasteiger partial charge on any atom is -0.465 e. The van der Waals surface area contributed by atoms with Crippen molar-refractivity contribution in [3.63, 3.8) is 0 Å². The molecule has 2 heterocycles. The lowest BCUT2D eigenvalue weighted by atomic mass is 10.1. The molecule has 2 aromatic heterocycles. The van der Waals surface area contributed by atoms with E-state index in [1.807, 2.05) is 30.3 Å². The summed E-state index contributed by atoms with van der Waals surface area (Å²) in [7, 11) is 1.33. The van der Waals surface area contributed by atoms with Gasteiger partial charge in [0.1, 0.15) is 5.82 Å². The van der Waals surface area contributed by atoms with Crippen LogP contribution in [0.3, 0.4) is 0 Å². The van der Waals surface area contributed by atoms with E-state index in [4.69, 9.17) is 9.47 Å². The van der Waals surface area contributed by atoms with E-state index in [1.165, 1.54) is 7.11 Å². The van der Waals surface area contributed by atoms with Crippen LogP contribution in [-0.4, -0.2) is 32.8 Å². The second kappa shape index (κ2) is 7.82. The number of para-hydroxylation sites is 1. The minimum absolute atomic E-state index is 0.261. The highest BCUT2D eigenvalue weighted by Crippen LogP contribution is 2.31. The largest absolute Gasteiger partial charge is 0.465 e. The van der Waals surface area contributed by atoms with Gasteiger partial charge in [0.25, 0.3) is 0 Å². The van der Waals surface area contributed by atoms with Crippen LogP contribution < -0.4 is 4.74 Å². The molecule has 3 rings (SSSR count). The van der Waals surface area contributed by atoms with Crippen LogP contribution in [0.2, 0.25) is 0 Å². The minimum atomic E-state index is -0.479. The summed E-state index contributed by atoms with van der Waals surface area (Å²) in [6, 6.07) is 11.4. The predicted octanol–water partition coefficient (Wildman–Crippen LogP) is 3.65. The van der Waals surface area contributed by atoms with Crippen LogP contribution in [0, 0.1) is 13.8 Å². The average Bonchev–Trinajstić information content (AvgIpc) is 3.13. The number of aryl methyl sites for hydroxylation is 2. The molecule has 7 nitrogen and oxygen atoms in total. The van der Waals surface area contributed by atoms with Crippen molar-refractivity contribution in [2.75, 3.05) is 7.11 Å². The first-order valence-electron chi connectivity index (χ1n) is 8.42. The Balaban J connectivity index is 2.00. The van der Waals surface area contributed by atoms with E-state index in [9.17, 15) is 4.79 Å². The van der Waals surface area contributed by atoms with Gasteiger partial charge in [0.15, 0.2) is 0 Å². The maximum absolute atomic E-state index is 12.2. The fraction of sp³-hybridized carbons (Fsp3) is 0.200. The monoisotopic (exact) mass is 364 g/mol. The van der Waals surface area contributed by atoms with Crippen molar-refractivity contribution >= 4 is 11.5 Å². The molecule has 27 heavy (non-hydrogen) atoms. The van der Waals surface area contributed by atoms with Crippen LogP contribution in [0.4, 0.5) is 0 Å². The van der Waals surface area contributed by atoms with E-state index in [-0.39, 0.29) is 5.88 Å². The summed E-state index contributed by atoms with van der Waals surface area (Å²) in [5.74, 6) is 0.677. The molecule has 0 amide bonds. The number of carbonyl (C=O) groups is 1. The first-order valence-corrected chi connectivity index (χ1v) is 8.42. The second-order valence-corrected chi connectivity index (χ2v) is 5.77. The number of methoxy groups -OCH3 is 1. The molecule has 0 aliphatic carbocycles. The molecule has 138 valence electrons. The fourth-order valence-corrected chi connectivity index (χ4v) is 2.72. The standard InChI is InChI=1S/C20H20N4O3/c1-5-16(20(25)26-4)18-13(2)21-14(3)22-19(18)27-17-11-12-24(23-17)15-9-7-6-8-10-15/h5-12H,1-4H3. The topological polar surface area (TPSA) is 79.1 Å². The molecule has 0 saturated heterocycles. The van der Waals surface area contributed by atoms with Gasteiger partial charge in [0.05, 0.1) is 29.6 Å². The van der Waals surface area contributed by atoms with Crippen molar-refractivity contribution in [3.05, 3.63) is 65.8 Å². The maximum atomic E-state index is 12.2. The van der Waals surface area contributed by atoms with E-state index in [0.717, 1.165) is 5.69 Å². The van der Waals surface area contributed by atoms with Gasteiger partial charge in [-0.25, -0.2) is 14.5 Å². The molecule has 0 spiro atoms. The molecule has 0 N–H and O–H groups in total. The zero-order valence-corrected chi connectivity index (χ0v) is 15.6. The van der Waals surface area contributed by atoms with Gasteiger partial charge in [0, 0.05) is 12.3 Å². The van der Waals surface area contributed by atoms with Crippen LogP contribution in [0.15, 0.2) is 48.7 Å². The highest BCUT2D eigenvalue weighted by molar-refractivity contribution is 6.17. The lowest BCUT2D eigenvalue weighted by Crippen LogP contribution is -2.10. The van der Waals surface area contributed by atoms with Crippen LogP contribution in [0.25, 0.3) is 11.3 Å². The van der Waals surface area contributed by atoms with E-state index in [2.05, 4.69) is 15.1 Å². The number of nitrogens with zero attached hydrogens (tertiary/aromatic N) is 4. The van der Waals surface area contributed by atoms with Crippen LogP contribution >= 0.6 is 0 Å². The van der Waals surface area contributed by atoms with Gasteiger partial charge in [-0.05, 0) is 32.9 Å². The Morgan fingerprint density at radius 2 is 1.85 bits per heavy atom. The third kappa shape index (κ3) is 3.87. The lowest BCUT2D eigenvalue weighted by molar-refractivity contribution is -0.133. The molecule has 0 atom stereocenters. The molecule has 7 heteroatoms. The third-order valence-corrected chi connectivity index (χ3v) is 3.92. The number of benzene rings is 1. The molecular formula is C20H20N4O3. The molecule has 0 aliphatic heterocycles. The Morgan fingerprint density at radius 1 is 1.11 bits per heavy atom. The van der Waals surface area contributed by atoms with Crippen molar-refractivity contribution in [1.82, 2.24) is 19.7 Å². The summed E-state index contributed by atoms with van der Waals surface area (Å²) in [5, 5.41) is 4.42. The number of carbonyl (C=O) groups excluding carboxylic acids is 1. The highest BCUT2D eigenvalue weighted by atomic mass is 16.5. The highest BCUT2D eigenvalue weighted by Gasteiger charge is 2.22. The van der Waals surface area contributed by atoms with Gasteiger partial charge in [-0.1, -0.05) is 24.3 Å². The van der Waals surface area contributed by atoms with Crippen molar-refractivity contribution in [1.29, 1.82) is 0 Å². The maximum Gasteiger partial charge on any atom is 0.338 e. The summed E-state index contributed by atoms with van der Waals surface area (Å²) < 4.78 is 12.5. The zero-order valence-electron chi connectivity index (χ0n) is 15.6. The number of rotatable bonds is 5. The molecule has 0 radical (unpaired) electrons. The summed E-state index contributed by atoms with van der Waals surface area (Å²) in [4.78, 5) is 20.9. The number of aromatic nitrogens is 4. The molecule has 1 aromatic carbocycles. The van der Waals surface area contributed by atoms with Crippen molar-refractivity contribution in [2.45, 2.75) is 20.8 Å². The van der Waals surface area contributed by atoms with Crippen LogP contribution in [0.1, 0.15) is 24.0 Å². The van der Waals surface area contributed by atoms with Crippen molar-refractivity contribution < 1.29 is 14.3 Å². The van der Waals surface area contributed by atoms with Gasteiger partial charge in [-0.3, -0.25) is 0 Å². The molecule has 0 saturated carbocycles. The molecule has 0 unspecified atom stereocenters. The Hall–Kier alpha value is -3.48. The lowest BCUT2D eigenvalue weighted by Gasteiger charge is -2.13. The fourth-order valence-electron chi connectivity index (χ4n) is 2.72. The predicted molar refractivity (Wildman–Crippen MR) is 101 cm³/mol. The summed E-state index contributed by atoms with van der Waals surface area (Å²) in [6.07, 6.45) is 3.45. The van der Waals surface area contributed by atoms with Crippen LogP contribution in [0.5, 0.6) is 11.8 Å². The Bertz CT molecular complexity index is 994. The van der Waals surface area contributed by atoms with E-state index in [0.29, 0.717) is 28.5 Å². The SMILES string of the molecule is CC=C(C(=O)OC)c1c(C)nc(C)nc1Oc1ccn(-c2ccccc2)n1. The summed E-state index contributed by atoms with van der Waals surface area (Å²) in [5.41, 5.74) is 2.36. The van der Waals surface area contributed by atoms with E-state index < -0.39 is 5.97 Å². The molecule has 0 fully saturated rings. The molecule has 0 aliphatic rings. The van der Waals surface area contributed by atoms with Crippen LogP contribution in [-0.2, 0) is 9.53 Å². The number of ether oxygens (including phenoxy) is 2. The summed E-state index contributed by atoms with van der Waals surface area (Å²) >= 11 is 0. The van der Waals surface area contributed by atoms with Gasteiger partial charge in [-0.15, -0.1) is 5.10 Å². The summed E-state index contributed by atoms with van der Waals surface area (Å²) in [6.45, 7) is 5.31. The second-order valence-electron chi connectivity index (χ2n) is 5.77. The molecular weight excluding hydrogens is 344 g/mol. The third-order valence-electron chi connectivity index (χ3n) is 3.92.